The van der Waals surface area contributed by atoms with Gasteiger partial charge in [0, 0.05) is 24.6 Å². The first-order valence-electron chi connectivity index (χ1n) is 8.49. The van der Waals surface area contributed by atoms with Gasteiger partial charge in [0.2, 0.25) is 0 Å². The standard InChI is InChI=1S/C18H19N3O3S2/c1-13-5-2-3-6-15(13)18-19-17(20-24-18)14-8-10-21(11-9-14)26(22,23)16-7-4-12-25-16/h2-7,12,14H,8-11H2,1H3. The molecule has 4 rings (SSSR count). The van der Waals surface area contributed by atoms with E-state index in [2.05, 4.69) is 10.1 Å². The van der Waals surface area contributed by atoms with Gasteiger partial charge in [0.1, 0.15) is 4.21 Å². The Bertz CT molecular complexity index is 988. The third-order valence-corrected chi connectivity index (χ3v) is 8.00. The minimum atomic E-state index is -3.38. The average Bonchev–Trinajstić information content (AvgIpc) is 3.35. The molecule has 8 heteroatoms. The van der Waals surface area contributed by atoms with Crippen molar-refractivity contribution in [3.8, 4) is 11.5 Å². The van der Waals surface area contributed by atoms with E-state index < -0.39 is 10.0 Å². The normalized spacial score (nSPS) is 16.8. The summed E-state index contributed by atoms with van der Waals surface area (Å²) in [5.41, 5.74) is 2.02. The van der Waals surface area contributed by atoms with E-state index in [-0.39, 0.29) is 5.92 Å². The monoisotopic (exact) mass is 389 g/mol. The van der Waals surface area contributed by atoms with E-state index >= 15 is 0 Å². The molecule has 1 aliphatic heterocycles. The molecule has 2 aromatic heterocycles. The number of piperidine rings is 1. The highest BCUT2D eigenvalue weighted by Crippen LogP contribution is 2.31. The number of hydrogen-bond acceptors (Lipinski definition) is 6. The van der Waals surface area contributed by atoms with Crippen molar-refractivity contribution in [2.24, 2.45) is 0 Å². The van der Waals surface area contributed by atoms with Crippen molar-refractivity contribution in [3.05, 3.63) is 53.2 Å². The molecule has 26 heavy (non-hydrogen) atoms. The smallest absolute Gasteiger partial charge is 0.258 e. The number of aromatic nitrogens is 2. The zero-order valence-corrected chi connectivity index (χ0v) is 16.0. The molecule has 1 saturated heterocycles. The minimum Gasteiger partial charge on any atom is -0.334 e. The Balaban J connectivity index is 1.47. The second kappa shape index (κ2) is 6.94. The van der Waals surface area contributed by atoms with Crippen molar-refractivity contribution in [2.45, 2.75) is 29.9 Å². The summed E-state index contributed by atoms with van der Waals surface area (Å²) in [5, 5.41) is 5.93. The first kappa shape index (κ1) is 17.4. The summed E-state index contributed by atoms with van der Waals surface area (Å²) in [6.45, 7) is 2.95. The molecule has 0 saturated carbocycles. The second-order valence-electron chi connectivity index (χ2n) is 6.38. The van der Waals surface area contributed by atoms with Gasteiger partial charge in [-0.05, 0) is 42.8 Å². The van der Waals surface area contributed by atoms with Crippen LogP contribution < -0.4 is 0 Å². The van der Waals surface area contributed by atoms with Gasteiger partial charge < -0.3 is 4.52 Å². The summed E-state index contributed by atoms with van der Waals surface area (Å²) in [7, 11) is -3.38. The van der Waals surface area contributed by atoms with Crippen LogP contribution in [0.1, 0.15) is 30.1 Å². The Morgan fingerprint density at radius 2 is 1.92 bits per heavy atom. The van der Waals surface area contributed by atoms with Gasteiger partial charge in [0.15, 0.2) is 5.82 Å². The fourth-order valence-electron chi connectivity index (χ4n) is 3.21. The lowest BCUT2D eigenvalue weighted by atomic mass is 9.97. The molecule has 136 valence electrons. The molecule has 3 heterocycles. The summed E-state index contributed by atoms with van der Waals surface area (Å²) in [6, 6.07) is 11.3. The Morgan fingerprint density at radius 3 is 2.62 bits per heavy atom. The van der Waals surface area contributed by atoms with Crippen LogP contribution in [-0.4, -0.2) is 36.0 Å². The maximum absolute atomic E-state index is 12.6. The molecule has 0 bridgehead atoms. The van der Waals surface area contributed by atoms with Gasteiger partial charge in [-0.3, -0.25) is 0 Å². The zero-order chi connectivity index (χ0) is 18.1. The number of benzene rings is 1. The maximum atomic E-state index is 12.6. The topological polar surface area (TPSA) is 76.3 Å². The number of aryl methyl sites for hydroxylation is 1. The molecular weight excluding hydrogens is 370 g/mol. The van der Waals surface area contributed by atoms with Crippen LogP contribution in [0.4, 0.5) is 0 Å². The highest BCUT2D eigenvalue weighted by atomic mass is 32.2. The molecule has 0 amide bonds. The highest BCUT2D eigenvalue weighted by molar-refractivity contribution is 7.91. The lowest BCUT2D eigenvalue weighted by Gasteiger charge is -2.29. The molecule has 1 aliphatic rings. The van der Waals surface area contributed by atoms with Gasteiger partial charge in [-0.2, -0.15) is 9.29 Å². The maximum Gasteiger partial charge on any atom is 0.258 e. The van der Waals surface area contributed by atoms with Gasteiger partial charge in [-0.25, -0.2) is 8.42 Å². The van der Waals surface area contributed by atoms with Crippen molar-refractivity contribution < 1.29 is 12.9 Å². The van der Waals surface area contributed by atoms with Crippen LogP contribution in [0.2, 0.25) is 0 Å². The number of rotatable bonds is 4. The minimum absolute atomic E-state index is 0.117. The average molecular weight is 390 g/mol. The number of nitrogens with zero attached hydrogens (tertiary/aromatic N) is 3. The summed E-state index contributed by atoms with van der Waals surface area (Å²) in [6.07, 6.45) is 1.38. The molecule has 0 atom stereocenters. The quantitative estimate of drug-likeness (QED) is 0.680. The lowest BCUT2D eigenvalue weighted by molar-refractivity contribution is 0.307. The van der Waals surface area contributed by atoms with Crippen molar-refractivity contribution in [1.82, 2.24) is 14.4 Å². The number of thiophene rings is 1. The van der Waals surface area contributed by atoms with Gasteiger partial charge in [0.05, 0.1) is 0 Å². The van der Waals surface area contributed by atoms with E-state index in [1.807, 2.05) is 31.2 Å². The first-order chi connectivity index (χ1) is 12.6. The Hall–Kier alpha value is -2.03. The van der Waals surface area contributed by atoms with Crippen LogP contribution in [0.3, 0.4) is 0 Å². The first-order valence-corrected chi connectivity index (χ1v) is 10.8. The van der Waals surface area contributed by atoms with Crippen molar-refractivity contribution in [3.63, 3.8) is 0 Å². The van der Waals surface area contributed by atoms with Gasteiger partial charge >= 0.3 is 0 Å². The van der Waals surface area contributed by atoms with Crippen LogP contribution in [0.15, 0.2) is 50.5 Å². The van der Waals surface area contributed by atoms with Crippen LogP contribution in [-0.2, 0) is 10.0 Å². The van der Waals surface area contributed by atoms with Crippen molar-refractivity contribution >= 4 is 21.4 Å². The second-order valence-corrected chi connectivity index (χ2v) is 9.50. The van der Waals surface area contributed by atoms with E-state index in [1.165, 1.54) is 11.3 Å². The molecule has 0 unspecified atom stereocenters. The van der Waals surface area contributed by atoms with Crippen molar-refractivity contribution in [1.29, 1.82) is 0 Å². The van der Waals surface area contributed by atoms with Crippen LogP contribution >= 0.6 is 11.3 Å². The van der Waals surface area contributed by atoms with E-state index in [4.69, 9.17) is 4.52 Å². The Kier molecular flexibility index (Phi) is 4.64. The summed E-state index contributed by atoms with van der Waals surface area (Å²) < 4.78 is 32.6. The zero-order valence-electron chi connectivity index (χ0n) is 14.3. The van der Waals surface area contributed by atoms with E-state index in [0.717, 1.165) is 11.1 Å². The number of sulfonamides is 1. The Labute approximate surface area is 156 Å². The van der Waals surface area contributed by atoms with E-state index in [1.54, 1.807) is 21.8 Å². The Morgan fingerprint density at radius 1 is 1.15 bits per heavy atom. The molecule has 0 aliphatic carbocycles. The fraction of sp³-hybridized carbons (Fsp3) is 0.333. The molecule has 1 aromatic carbocycles. The van der Waals surface area contributed by atoms with Gasteiger partial charge in [-0.1, -0.05) is 29.4 Å². The largest absolute Gasteiger partial charge is 0.334 e. The summed E-state index contributed by atoms with van der Waals surface area (Å²) in [5.74, 6) is 1.30. The molecule has 0 radical (unpaired) electrons. The van der Waals surface area contributed by atoms with Crippen LogP contribution in [0.25, 0.3) is 11.5 Å². The third kappa shape index (κ3) is 3.20. The molecule has 3 aromatic rings. The predicted octanol–water partition coefficient (Wildman–Crippen LogP) is 3.67. The lowest BCUT2D eigenvalue weighted by Crippen LogP contribution is -2.37. The fourth-order valence-corrected chi connectivity index (χ4v) is 5.83. The van der Waals surface area contributed by atoms with Crippen molar-refractivity contribution in [2.75, 3.05) is 13.1 Å². The molecule has 0 spiro atoms. The van der Waals surface area contributed by atoms with Gasteiger partial charge in [-0.15, -0.1) is 11.3 Å². The molecular formula is C18H19N3O3S2. The number of hydrogen-bond donors (Lipinski definition) is 0. The molecule has 1 fully saturated rings. The van der Waals surface area contributed by atoms with Crippen LogP contribution in [0, 0.1) is 6.92 Å². The molecule has 0 N–H and O–H groups in total. The summed E-state index contributed by atoms with van der Waals surface area (Å²) in [4.78, 5) is 4.56. The van der Waals surface area contributed by atoms with E-state index in [0.29, 0.717) is 41.9 Å². The third-order valence-electron chi connectivity index (χ3n) is 4.73. The summed E-state index contributed by atoms with van der Waals surface area (Å²) >= 11 is 1.25. The SMILES string of the molecule is Cc1ccccc1-c1nc(C2CCN(S(=O)(=O)c3cccs3)CC2)no1. The van der Waals surface area contributed by atoms with Crippen LogP contribution in [0.5, 0.6) is 0 Å². The predicted molar refractivity (Wildman–Crippen MR) is 99.5 cm³/mol. The van der Waals surface area contributed by atoms with E-state index in [9.17, 15) is 8.42 Å². The van der Waals surface area contributed by atoms with Gasteiger partial charge in [0.25, 0.3) is 15.9 Å². The molecule has 6 nitrogen and oxygen atoms in total. The highest BCUT2D eigenvalue weighted by Gasteiger charge is 2.32.